The van der Waals surface area contributed by atoms with Crippen LogP contribution in [-0.2, 0) is 19.1 Å². The average Bonchev–Trinajstić information content (AvgIpc) is 3.09. The highest BCUT2D eigenvalue weighted by Crippen LogP contribution is 2.22. The third kappa shape index (κ3) is 2.49. The number of hydrogen-bond donors (Lipinski definition) is 1. The van der Waals surface area contributed by atoms with Crippen molar-refractivity contribution in [2.24, 2.45) is 11.8 Å². The van der Waals surface area contributed by atoms with Gasteiger partial charge in [-0.3, -0.25) is 9.59 Å². The molecule has 0 aromatic rings. The van der Waals surface area contributed by atoms with Crippen LogP contribution in [0, 0.1) is 11.8 Å². The van der Waals surface area contributed by atoms with Gasteiger partial charge in [0.1, 0.15) is 12.7 Å². The fourth-order valence-corrected chi connectivity index (χ4v) is 1.50. The Morgan fingerprint density at radius 1 is 1.31 bits per heavy atom. The highest BCUT2D eigenvalue weighted by molar-refractivity contribution is 5.84. The molecule has 1 heterocycles. The van der Waals surface area contributed by atoms with Gasteiger partial charge in [-0.1, -0.05) is 24.3 Å². The predicted octanol–water partition coefficient (Wildman–Crippen LogP) is 0.371. The molecule has 0 bridgehead atoms. The van der Waals surface area contributed by atoms with Gasteiger partial charge in [0.05, 0.1) is 18.4 Å². The number of carboxylic acids is 1. The zero-order chi connectivity index (χ0) is 11.5. The number of carbonyl (C=O) groups excluding carboxylic acids is 1. The summed E-state index contributed by atoms with van der Waals surface area (Å²) in [6, 6.07) is 0. The third-order valence-corrected chi connectivity index (χ3v) is 2.51. The molecular formula is C11H12O5. The average molecular weight is 224 g/mol. The van der Waals surface area contributed by atoms with E-state index in [0.717, 1.165) is 0 Å². The molecular weight excluding hydrogens is 212 g/mol. The summed E-state index contributed by atoms with van der Waals surface area (Å²) in [5, 5.41) is 8.93. The summed E-state index contributed by atoms with van der Waals surface area (Å²) in [6.07, 6.45) is 6.30. The third-order valence-electron chi connectivity index (χ3n) is 2.51. The summed E-state index contributed by atoms with van der Waals surface area (Å²) in [4.78, 5) is 22.5. The maximum atomic E-state index is 11.6. The zero-order valence-electron chi connectivity index (χ0n) is 8.54. The number of epoxide rings is 1. The minimum Gasteiger partial charge on any atom is -0.481 e. The minimum atomic E-state index is -1.02. The van der Waals surface area contributed by atoms with Crippen LogP contribution < -0.4 is 0 Å². The molecule has 3 unspecified atom stereocenters. The molecule has 0 aromatic heterocycles. The standard InChI is InChI=1S/C11H12O5/c12-10(13)8-3-1-2-4-9(8)11(14)16-6-7-5-15-7/h1-4,7-9H,5-6H2,(H,12,13). The monoisotopic (exact) mass is 224 g/mol. The van der Waals surface area contributed by atoms with Crippen LogP contribution in [0.1, 0.15) is 0 Å². The van der Waals surface area contributed by atoms with Gasteiger partial charge in [0.15, 0.2) is 0 Å². The molecule has 2 aliphatic rings. The van der Waals surface area contributed by atoms with Crippen LogP contribution in [0.4, 0.5) is 0 Å². The van der Waals surface area contributed by atoms with E-state index in [-0.39, 0.29) is 12.7 Å². The fraction of sp³-hybridized carbons (Fsp3) is 0.455. The predicted molar refractivity (Wildman–Crippen MR) is 53.6 cm³/mol. The van der Waals surface area contributed by atoms with Gasteiger partial charge in [-0.05, 0) is 0 Å². The molecule has 0 aromatic carbocycles. The van der Waals surface area contributed by atoms with Crippen LogP contribution >= 0.6 is 0 Å². The highest BCUT2D eigenvalue weighted by atomic mass is 16.6. The number of aliphatic carboxylic acids is 1. The first-order valence-corrected chi connectivity index (χ1v) is 5.04. The van der Waals surface area contributed by atoms with E-state index in [4.69, 9.17) is 14.6 Å². The van der Waals surface area contributed by atoms with Crippen molar-refractivity contribution in [1.29, 1.82) is 0 Å². The molecule has 5 heteroatoms. The van der Waals surface area contributed by atoms with Crippen molar-refractivity contribution in [1.82, 2.24) is 0 Å². The summed E-state index contributed by atoms with van der Waals surface area (Å²) >= 11 is 0. The van der Waals surface area contributed by atoms with Crippen molar-refractivity contribution in [3.8, 4) is 0 Å². The Bertz CT molecular complexity index is 353. The minimum absolute atomic E-state index is 0.00431. The highest BCUT2D eigenvalue weighted by Gasteiger charge is 2.33. The lowest BCUT2D eigenvalue weighted by Crippen LogP contribution is -2.30. The Balaban J connectivity index is 1.94. The number of carbonyl (C=O) groups is 2. The Labute approximate surface area is 92.3 Å². The van der Waals surface area contributed by atoms with E-state index in [1.807, 2.05) is 0 Å². The molecule has 1 aliphatic heterocycles. The molecule has 0 saturated carbocycles. The van der Waals surface area contributed by atoms with Gasteiger partial charge in [-0.15, -0.1) is 0 Å². The summed E-state index contributed by atoms with van der Waals surface area (Å²) in [6.45, 7) is 0.815. The molecule has 16 heavy (non-hydrogen) atoms. The Kier molecular flexibility index (Phi) is 3.05. The van der Waals surface area contributed by atoms with Crippen molar-refractivity contribution in [3.63, 3.8) is 0 Å². The van der Waals surface area contributed by atoms with Crippen molar-refractivity contribution >= 4 is 11.9 Å². The van der Waals surface area contributed by atoms with E-state index >= 15 is 0 Å². The van der Waals surface area contributed by atoms with Gasteiger partial charge < -0.3 is 14.6 Å². The molecule has 86 valence electrons. The molecule has 0 radical (unpaired) electrons. The number of ether oxygens (including phenoxy) is 2. The van der Waals surface area contributed by atoms with E-state index in [1.54, 1.807) is 18.2 Å². The molecule has 1 N–H and O–H groups in total. The second-order valence-electron chi connectivity index (χ2n) is 3.74. The Morgan fingerprint density at radius 2 is 1.94 bits per heavy atom. The molecule has 0 spiro atoms. The summed E-state index contributed by atoms with van der Waals surface area (Å²) < 4.78 is 9.87. The first-order chi connectivity index (χ1) is 7.68. The van der Waals surface area contributed by atoms with Crippen LogP contribution in [0.25, 0.3) is 0 Å². The molecule has 5 nitrogen and oxygen atoms in total. The number of hydrogen-bond acceptors (Lipinski definition) is 4. The van der Waals surface area contributed by atoms with E-state index in [9.17, 15) is 9.59 Å². The second kappa shape index (κ2) is 4.49. The zero-order valence-corrected chi connectivity index (χ0v) is 8.54. The number of rotatable bonds is 4. The lowest BCUT2D eigenvalue weighted by Gasteiger charge is -2.18. The van der Waals surface area contributed by atoms with Crippen molar-refractivity contribution in [2.75, 3.05) is 13.2 Å². The van der Waals surface area contributed by atoms with Gasteiger partial charge in [0.2, 0.25) is 0 Å². The van der Waals surface area contributed by atoms with Crippen molar-refractivity contribution in [2.45, 2.75) is 6.10 Å². The first-order valence-electron chi connectivity index (χ1n) is 5.04. The van der Waals surface area contributed by atoms with Gasteiger partial charge >= 0.3 is 11.9 Å². The SMILES string of the molecule is O=C(O)C1C=CC=CC1C(=O)OCC1CO1. The van der Waals surface area contributed by atoms with E-state index in [1.165, 1.54) is 6.08 Å². The normalized spacial score (nSPS) is 31.1. The van der Waals surface area contributed by atoms with Crippen LogP contribution in [0.2, 0.25) is 0 Å². The second-order valence-corrected chi connectivity index (χ2v) is 3.74. The van der Waals surface area contributed by atoms with E-state index < -0.39 is 23.8 Å². The van der Waals surface area contributed by atoms with Gasteiger partial charge in [0.25, 0.3) is 0 Å². The molecule has 1 saturated heterocycles. The Hall–Kier alpha value is -1.62. The van der Waals surface area contributed by atoms with Crippen molar-refractivity contribution in [3.05, 3.63) is 24.3 Å². The fourth-order valence-electron chi connectivity index (χ4n) is 1.50. The largest absolute Gasteiger partial charge is 0.481 e. The van der Waals surface area contributed by atoms with Crippen LogP contribution in [-0.4, -0.2) is 36.4 Å². The lowest BCUT2D eigenvalue weighted by atomic mass is 9.88. The lowest BCUT2D eigenvalue weighted by molar-refractivity contribution is -0.154. The quantitative estimate of drug-likeness (QED) is 0.551. The molecule has 2 rings (SSSR count). The van der Waals surface area contributed by atoms with Crippen LogP contribution in [0.3, 0.4) is 0 Å². The Morgan fingerprint density at radius 3 is 2.50 bits per heavy atom. The topological polar surface area (TPSA) is 76.1 Å². The number of carboxylic acid groups (broad SMARTS) is 1. The van der Waals surface area contributed by atoms with E-state index in [0.29, 0.717) is 6.61 Å². The van der Waals surface area contributed by atoms with Crippen molar-refractivity contribution < 1.29 is 24.2 Å². The maximum absolute atomic E-state index is 11.6. The number of esters is 1. The molecule has 1 fully saturated rings. The smallest absolute Gasteiger partial charge is 0.314 e. The summed E-state index contributed by atoms with van der Waals surface area (Å²) in [5.41, 5.74) is 0. The molecule has 3 atom stereocenters. The summed E-state index contributed by atoms with van der Waals surface area (Å²) in [7, 11) is 0. The van der Waals surface area contributed by atoms with Crippen LogP contribution in [0.5, 0.6) is 0 Å². The van der Waals surface area contributed by atoms with Gasteiger partial charge in [-0.25, -0.2) is 0 Å². The van der Waals surface area contributed by atoms with Gasteiger partial charge in [-0.2, -0.15) is 0 Å². The summed E-state index contributed by atoms with van der Waals surface area (Å²) in [5.74, 6) is -3.10. The molecule has 0 amide bonds. The van der Waals surface area contributed by atoms with E-state index in [2.05, 4.69) is 0 Å². The number of allylic oxidation sites excluding steroid dienone is 2. The maximum Gasteiger partial charge on any atom is 0.314 e. The molecule has 1 aliphatic carbocycles. The van der Waals surface area contributed by atoms with Gasteiger partial charge in [0, 0.05) is 0 Å². The van der Waals surface area contributed by atoms with Crippen LogP contribution in [0.15, 0.2) is 24.3 Å². The first kappa shape index (κ1) is 10.9.